The summed E-state index contributed by atoms with van der Waals surface area (Å²) in [5.41, 5.74) is 0. The van der Waals surface area contributed by atoms with Crippen LogP contribution in [-0.2, 0) is 4.79 Å². The van der Waals surface area contributed by atoms with Gasteiger partial charge in [-0.15, -0.1) is 0 Å². The molecule has 0 radical (unpaired) electrons. The summed E-state index contributed by atoms with van der Waals surface area (Å²) in [6, 6.07) is 0. The SMILES string of the molecule is CCNC(=O)CCN1CCC(O)CC1. The third-order valence-corrected chi connectivity index (χ3v) is 2.59. The number of nitrogens with zero attached hydrogens (tertiary/aromatic N) is 1. The molecule has 0 bridgehead atoms. The fraction of sp³-hybridized carbons (Fsp3) is 0.900. The molecule has 0 aromatic rings. The van der Waals surface area contributed by atoms with Gasteiger partial charge in [0.1, 0.15) is 0 Å². The topological polar surface area (TPSA) is 52.6 Å². The summed E-state index contributed by atoms with van der Waals surface area (Å²) in [5, 5.41) is 12.1. The Labute approximate surface area is 85.3 Å². The Morgan fingerprint density at radius 2 is 2.14 bits per heavy atom. The van der Waals surface area contributed by atoms with Crippen LogP contribution in [0.5, 0.6) is 0 Å². The lowest BCUT2D eigenvalue weighted by Crippen LogP contribution is -2.38. The summed E-state index contributed by atoms with van der Waals surface area (Å²) in [4.78, 5) is 13.4. The summed E-state index contributed by atoms with van der Waals surface area (Å²) in [5.74, 6) is 0.124. The molecule has 0 atom stereocenters. The molecule has 1 aliphatic heterocycles. The van der Waals surface area contributed by atoms with Crippen molar-refractivity contribution in [3.05, 3.63) is 0 Å². The van der Waals surface area contributed by atoms with Crippen molar-refractivity contribution in [2.24, 2.45) is 0 Å². The van der Waals surface area contributed by atoms with Crippen LogP contribution in [0.4, 0.5) is 0 Å². The quantitative estimate of drug-likeness (QED) is 0.670. The van der Waals surface area contributed by atoms with Crippen LogP contribution in [0.2, 0.25) is 0 Å². The van der Waals surface area contributed by atoms with E-state index in [1.807, 2.05) is 6.92 Å². The molecule has 1 saturated heterocycles. The zero-order valence-corrected chi connectivity index (χ0v) is 8.83. The number of hydrogen-bond acceptors (Lipinski definition) is 3. The van der Waals surface area contributed by atoms with E-state index in [0.717, 1.165) is 32.5 Å². The second-order valence-corrected chi connectivity index (χ2v) is 3.78. The molecular formula is C10H20N2O2. The number of rotatable bonds is 4. The van der Waals surface area contributed by atoms with Crippen LogP contribution >= 0.6 is 0 Å². The summed E-state index contributed by atoms with van der Waals surface area (Å²) < 4.78 is 0. The van der Waals surface area contributed by atoms with Gasteiger partial charge in [-0.1, -0.05) is 0 Å². The van der Waals surface area contributed by atoms with Gasteiger partial charge in [0, 0.05) is 32.6 Å². The van der Waals surface area contributed by atoms with E-state index in [9.17, 15) is 9.90 Å². The smallest absolute Gasteiger partial charge is 0.221 e. The Morgan fingerprint density at radius 1 is 1.50 bits per heavy atom. The first-order valence-electron chi connectivity index (χ1n) is 5.39. The molecule has 0 aromatic carbocycles. The first kappa shape index (κ1) is 11.5. The van der Waals surface area contributed by atoms with Gasteiger partial charge in [0.15, 0.2) is 0 Å². The Morgan fingerprint density at radius 3 is 2.71 bits per heavy atom. The Bertz CT molecular complexity index is 177. The van der Waals surface area contributed by atoms with Crippen molar-refractivity contribution in [1.29, 1.82) is 0 Å². The van der Waals surface area contributed by atoms with Crippen molar-refractivity contribution in [3.63, 3.8) is 0 Å². The van der Waals surface area contributed by atoms with Gasteiger partial charge in [-0.05, 0) is 19.8 Å². The summed E-state index contributed by atoms with van der Waals surface area (Å²) >= 11 is 0. The Kier molecular flexibility index (Phi) is 4.90. The molecule has 1 fully saturated rings. The van der Waals surface area contributed by atoms with Crippen LogP contribution in [0.25, 0.3) is 0 Å². The van der Waals surface area contributed by atoms with Gasteiger partial charge >= 0.3 is 0 Å². The number of amides is 1. The van der Waals surface area contributed by atoms with E-state index in [-0.39, 0.29) is 12.0 Å². The van der Waals surface area contributed by atoms with Crippen LogP contribution in [0.3, 0.4) is 0 Å². The van der Waals surface area contributed by atoms with Gasteiger partial charge in [-0.25, -0.2) is 0 Å². The maximum absolute atomic E-state index is 11.2. The lowest BCUT2D eigenvalue weighted by Gasteiger charge is -2.29. The molecule has 1 aliphatic rings. The summed E-state index contributed by atoms with van der Waals surface area (Å²) in [6.07, 6.45) is 2.13. The molecule has 0 spiro atoms. The number of carbonyl (C=O) groups excluding carboxylic acids is 1. The van der Waals surface area contributed by atoms with E-state index in [4.69, 9.17) is 0 Å². The standard InChI is InChI=1S/C10H20N2O2/c1-2-11-10(14)5-8-12-6-3-9(13)4-7-12/h9,13H,2-8H2,1H3,(H,11,14). The van der Waals surface area contributed by atoms with Gasteiger partial charge in [-0.3, -0.25) is 4.79 Å². The lowest BCUT2D eigenvalue weighted by atomic mass is 10.1. The van der Waals surface area contributed by atoms with Gasteiger partial charge in [0.2, 0.25) is 5.91 Å². The molecule has 4 nitrogen and oxygen atoms in total. The average molecular weight is 200 g/mol. The van der Waals surface area contributed by atoms with E-state index in [0.29, 0.717) is 13.0 Å². The molecule has 0 saturated carbocycles. The predicted octanol–water partition coefficient (Wildman–Crippen LogP) is -0.0307. The molecule has 2 N–H and O–H groups in total. The van der Waals surface area contributed by atoms with Gasteiger partial charge < -0.3 is 15.3 Å². The van der Waals surface area contributed by atoms with E-state index < -0.39 is 0 Å². The molecule has 0 unspecified atom stereocenters. The molecule has 1 heterocycles. The van der Waals surface area contributed by atoms with Crippen molar-refractivity contribution in [1.82, 2.24) is 10.2 Å². The third-order valence-electron chi connectivity index (χ3n) is 2.59. The number of piperidine rings is 1. The van der Waals surface area contributed by atoms with Crippen LogP contribution in [-0.4, -0.2) is 48.2 Å². The highest BCUT2D eigenvalue weighted by atomic mass is 16.3. The van der Waals surface area contributed by atoms with E-state index in [1.165, 1.54) is 0 Å². The highest BCUT2D eigenvalue weighted by Gasteiger charge is 2.16. The zero-order valence-electron chi connectivity index (χ0n) is 8.83. The highest BCUT2D eigenvalue weighted by molar-refractivity contribution is 5.75. The molecule has 82 valence electrons. The van der Waals surface area contributed by atoms with Crippen molar-refractivity contribution >= 4 is 5.91 Å². The molecule has 1 amide bonds. The minimum Gasteiger partial charge on any atom is -0.393 e. The van der Waals surface area contributed by atoms with Crippen LogP contribution in [0.1, 0.15) is 26.2 Å². The minimum atomic E-state index is -0.129. The predicted molar refractivity (Wildman–Crippen MR) is 55.0 cm³/mol. The fourth-order valence-electron chi connectivity index (χ4n) is 1.69. The lowest BCUT2D eigenvalue weighted by molar-refractivity contribution is -0.121. The largest absolute Gasteiger partial charge is 0.393 e. The van der Waals surface area contributed by atoms with Gasteiger partial charge in [0.05, 0.1) is 6.10 Å². The van der Waals surface area contributed by atoms with Crippen LogP contribution in [0.15, 0.2) is 0 Å². The number of carbonyl (C=O) groups is 1. The number of nitrogens with one attached hydrogen (secondary N) is 1. The number of aliphatic hydroxyl groups is 1. The molecule has 0 aromatic heterocycles. The van der Waals surface area contributed by atoms with Crippen molar-refractivity contribution in [2.75, 3.05) is 26.2 Å². The molecule has 14 heavy (non-hydrogen) atoms. The van der Waals surface area contributed by atoms with Crippen molar-refractivity contribution in [3.8, 4) is 0 Å². The third kappa shape index (κ3) is 4.07. The summed E-state index contributed by atoms with van der Waals surface area (Å²) in [6.45, 7) is 5.28. The number of aliphatic hydroxyl groups excluding tert-OH is 1. The van der Waals surface area contributed by atoms with E-state index >= 15 is 0 Å². The minimum absolute atomic E-state index is 0.124. The maximum atomic E-state index is 11.2. The molecule has 1 rings (SSSR count). The monoisotopic (exact) mass is 200 g/mol. The van der Waals surface area contributed by atoms with Crippen molar-refractivity contribution < 1.29 is 9.90 Å². The van der Waals surface area contributed by atoms with Crippen LogP contribution < -0.4 is 5.32 Å². The number of hydrogen-bond donors (Lipinski definition) is 2. The summed E-state index contributed by atoms with van der Waals surface area (Å²) in [7, 11) is 0. The molecule has 0 aliphatic carbocycles. The first-order chi connectivity index (χ1) is 6.72. The second kappa shape index (κ2) is 5.98. The fourth-order valence-corrected chi connectivity index (χ4v) is 1.69. The zero-order chi connectivity index (χ0) is 10.4. The Hall–Kier alpha value is -0.610. The highest BCUT2D eigenvalue weighted by Crippen LogP contribution is 2.09. The molecule has 4 heteroatoms. The van der Waals surface area contributed by atoms with Crippen LogP contribution in [0, 0.1) is 0 Å². The second-order valence-electron chi connectivity index (χ2n) is 3.78. The normalized spacial score (nSPS) is 19.6. The van der Waals surface area contributed by atoms with Gasteiger partial charge in [-0.2, -0.15) is 0 Å². The maximum Gasteiger partial charge on any atom is 0.221 e. The van der Waals surface area contributed by atoms with E-state index in [2.05, 4.69) is 10.2 Å². The Balaban J connectivity index is 2.09. The average Bonchev–Trinajstić information content (AvgIpc) is 2.17. The van der Waals surface area contributed by atoms with E-state index in [1.54, 1.807) is 0 Å². The van der Waals surface area contributed by atoms with Gasteiger partial charge in [0.25, 0.3) is 0 Å². The van der Waals surface area contributed by atoms with Crippen molar-refractivity contribution in [2.45, 2.75) is 32.3 Å². The number of likely N-dealkylation sites (tertiary alicyclic amines) is 1. The molecular weight excluding hydrogens is 180 g/mol. The first-order valence-corrected chi connectivity index (χ1v) is 5.39.